The number of rotatable bonds is 8. The number of methoxy groups -OCH3 is 1. The summed E-state index contributed by atoms with van der Waals surface area (Å²) in [5, 5.41) is 3.01. The molecule has 0 atom stereocenters. The van der Waals surface area contributed by atoms with Crippen LogP contribution in [0.3, 0.4) is 0 Å². The van der Waals surface area contributed by atoms with Crippen LogP contribution >= 0.6 is 0 Å². The average molecular weight is 425 g/mol. The van der Waals surface area contributed by atoms with Crippen LogP contribution in [0.15, 0.2) is 48.5 Å². The van der Waals surface area contributed by atoms with Gasteiger partial charge in [-0.3, -0.25) is 4.79 Å². The minimum atomic E-state index is -0.213. The van der Waals surface area contributed by atoms with Crippen LogP contribution in [0, 0.1) is 11.7 Å². The number of nitrogens with zero attached hydrogens (tertiary/aromatic N) is 3. The predicted octanol–water partition coefficient (Wildman–Crippen LogP) is 3.59. The Bertz CT molecular complexity index is 1030. The first-order valence-electron chi connectivity index (χ1n) is 10.9. The summed E-state index contributed by atoms with van der Waals surface area (Å²) in [6.07, 6.45) is 2.37. The molecule has 1 fully saturated rings. The van der Waals surface area contributed by atoms with E-state index in [0.29, 0.717) is 25.3 Å². The lowest BCUT2D eigenvalue weighted by Gasteiger charge is -2.32. The van der Waals surface area contributed by atoms with Crippen LogP contribution in [0.5, 0.6) is 0 Å². The van der Waals surface area contributed by atoms with Gasteiger partial charge in [-0.25, -0.2) is 9.37 Å². The van der Waals surface area contributed by atoms with Gasteiger partial charge in [0.2, 0.25) is 11.9 Å². The van der Waals surface area contributed by atoms with E-state index in [1.807, 2.05) is 36.4 Å². The molecule has 0 saturated carbocycles. The number of aromatic nitrogens is 2. The smallest absolute Gasteiger partial charge is 0.223 e. The highest BCUT2D eigenvalue weighted by Crippen LogP contribution is 2.28. The lowest BCUT2D eigenvalue weighted by molar-refractivity contribution is -0.125. The van der Waals surface area contributed by atoms with Gasteiger partial charge in [-0.2, -0.15) is 0 Å². The summed E-state index contributed by atoms with van der Waals surface area (Å²) in [6.45, 7) is 3.21. The van der Waals surface area contributed by atoms with Crippen molar-refractivity contribution in [2.45, 2.75) is 25.8 Å². The molecule has 0 bridgehead atoms. The Kier molecular flexibility index (Phi) is 6.82. The minimum absolute atomic E-state index is 0.0168. The molecule has 164 valence electrons. The molecular formula is C24H29FN4O2. The highest BCUT2D eigenvalue weighted by Gasteiger charge is 2.27. The fourth-order valence-electron chi connectivity index (χ4n) is 4.17. The van der Waals surface area contributed by atoms with Crippen molar-refractivity contribution < 1.29 is 13.9 Å². The molecule has 1 aromatic heterocycles. The number of fused-ring (bicyclic) bond motifs is 1. The third-order valence-electron chi connectivity index (χ3n) is 5.89. The molecule has 6 nitrogen and oxygen atoms in total. The largest absolute Gasteiger partial charge is 0.385 e. The van der Waals surface area contributed by atoms with Crippen LogP contribution in [0.2, 0.25) is 0 Å². The van der Waals surface area contributed by atoms with E-state index < -0.39 is 0 Å². The number of carbonyl (C=O) groups is 1. The molecule has 7 heteroatoms. The SMILES string of the molecule is COCCCNC(=O)C1CCN(c2nc3ccccc3n2Cc2ccccc2F)CC1. The standard InChI is InChI=1S/C24H29FN4O2/c1-31-16-6-13-26-23(30)18-11-14-28(15-12-18)24-27-21-9-4-5-10-22(21)29(24)17-19-7-2-3-8-20(19)25/h2-5,7-10,18H,6,11-17H2,1H3,(H,26,30). The molecule has 1 amide bonds. The second-order valence-corrected chi connectivity index (χ2v) is 7.98. The Morgan fingerprint density at radius 3 is 2.68 bits per heavy atom. The van der Waals surface area contributed by atoms with Crippen molar-refractivity contribution in [3.05, 3.63) is 59.9 Å². The summed E-state index contributed by atoms with van der Waals surface area (Å²) in [6, 6.07) is 14.8. The number of amides is 1. The van der Waals surface area contributed by atoms with E-state index in [0.717, 1.165) is 49.3 Å². The summed E-state index contributed by atoms with van der Waals surface area (Å²) < 4.78 is 21.5. The van der Waals surface area contributed by atoms with E-state index >= 15 is 0 Å². The summed E-state index contributed by atoms with van der Waals surface area (Å²) in [7, 11) is 1.66. The fraction of sp³-hybridized carbons (Fsp3) is 0.417. The number of hydrogen-bond acceptors (Lipinski definition) is 4. The molecule has 0 radical (unpaired) electrons. The van der Waals surface area contributed by atoms with Crippen molar-refractivity contribution >= 4 is 22.9 Å². The quantitative estimate of drug-likeness (QED) is 0.562. The van der Waals surface area contributed by atoms with E-state index in [2.05, 4.69) is 14.8 Å². The zero-order valence-corrected chi connectivity index (χ0v) is 17.9. The number of nitrogens with one attached hydrogen (secondary N) is 1. The van der Waals surface area contributed by atoms with Gasteiger partial charge in [-0.1, -0.05) is 30.3 Å². The number of carbonyl (C=O) groups excluding carboxylic acids is 1. The zero-order chi connectivity index (χ0) is 21.6. The monoisotopic (exact) mass is 424 g/mol. The van der Waals surface area contributed by atoms with Crippen molar-refractivity contribution in [3.8, 4) is 0 Å². The molecule has 0 spiro atoms. The molecule has 3 aromatic rings. The molecule has 0 aliphatic carbocycles. The first-order valence-corrected chi connectivity index (χ1v) is 10.9. The second-order valence-electron chi connectivity index (χ2n) is 7.98. The normalized spacial score (nSPS) is 14.8. The number of hydrogen-bond donors (Lipinski definition) is 1. The van der Waals surface area contributed by atoms with E-state index in [1.165, 1.54) is 6.07 Å². The molecular weight excluding hydrogens is 395 g/mol. The lowest BCUT2D eigenvalue weighted by atomic mass is 9.96. The van der Waals surface area contributed by atoms with Gasteiger partial charge in [0.05, 0.1) is 17.6 Å². The van der Waals surface area contributed by atoms with Gasteiger partial charge >= 0.3 is 0 Å². The van der Waals surface area contributed by atoms with Gasteiger partial charge in [0.25, 0.3) is 0 Å². The number of ether oxygens (including phenoxy) is 1. The third-order valence-corrected chi connectivity index (χ3v) is 5.89. The maximum absolute atomic E-state index is 14.3. The van der Waals surface area contributed by atoms with E-state index in [1.54, 1.807) is 13.2 Å². The highest BCUT2D eigenvalue weighted by atomic mass is 19.1. The summed E-state index contributed by atoms with van der Waals surface area (Å²) >= 11 is 0. The maximum atomic E-state index is 14.3. The van der Waals surface area contributed by atoms with Crippen LogP contribution in [-0.4, -0.2) is 48.8 Å². The topological polar surface area (TPSA) is 59.4 Å². The third kappa shape index (κ3) is 4.88. The Morgan fingerprint density at radius 1 is 1.16 bits per heavy atom. The minimum Gasteiger partial charge on any atom is -0.385 e. The van der Waals surface area contributed by atoms with E-state index in [9.17, 15) is 9.18 Å². The zero-order valence-electron chi connectivity index (χ0n) is 17.9. The summed E-state index contributed by atoms with van der Waals surface area (Å²) in [5.41, 5.74) is 2.52. The molecule has 31 heavy (non-hydrogen) atoms. The fourth-order valence-corrected chi connectivity index (χ4v) is 4.17. The Morgan fingerprint density at radius 2 is 1.90 bits per heavy atom. The highest BCUT2D eigenvalue weighted by molar-refractivity contribution is 5.80. The Balaban J connectivity index is 1.49. The van der Waals surface area contributed by atoms with Gasteiger partial charge in [0.1, 0.15) is 5.82 Å². The predicted molar refractivity (Wildman–Crippen MR) is 120 cm³/mol. The maximum Gasteiger partial charge on any atom is 0.223 e. The number of piperidine rings is 1. The molecule has 2 heterocycles. The molecule has 1 aliphatic rings. The van der Waals surface area contributed by atoms with E-state index in [4.69, 9.17) is 9.72 Å². The molecule has 2 aromatic carbocycles. The first-order chi connectivity index (χ1) is 15.2. The van der Waals surface area contributed by atoms with Crippen LogP contribution in [0.25, 0.3) is 11.0 Å². The number of benzene rings is 2. The summed E-state index contributed by atoms with van der Waals surface area (Å²) in [4.78, 5) is 19.5. The van der Waals surface area contributed by atoms with Crippen LogP contribution in [-0.2, 0) is 16.1 Å². The van der Waals surface area contributed by atoms with Gasteiger partial charge < -0.3 is 19.5 Å². The van der Waals surface area contributed by atoms with Crippen molar-refractivity contribution in [3.63, 3.8) is 0 Å². The van der Waals surface area contributed by atoms with Crippen LogP contribution in [0.1, 0.15) is 24.8 Å². The van der Waals surface area contributed by atoms with Gasteiger partial charge in [-0.05, 0) is 37.5 Å². The average Bonchev–Trinajstić information content (AvgIpc) is 3.17. The van der Waals surface area contributed by atoms with Gasteiger partial charge in [-0.15, -0.1) is 0 Å². The van der Waals surface area contributed by atoms with Crippen molar-refractivity contribution in [1.29, 1.82) is 0 Å². The van der Waals surface area contributed by atoms with Crippen LogP contribution < -0.4 is 10.2 Å². The van der Waals surface area contributed by atoms with Crippen LogP contribution in [0.4, 0.5) is 10.3 Å². The number of halogens is 1. The number of anilines is 1. The first kappa shape index (κ1) is 21.3. The van der Waals surface area contributed by atoms with Crippen molar-refractivity contribution in [1.82, 2.24) is 14.9 Å². The summed E-state index contributed by atoms with van der Waals surface area (Å²) in [5.74, 6) is 0.761. The Hall–Kier alpha value is -2.93. The van der Waals surface area contributed by atoms with Gasteiger partial charge in [0, 0.05) is 44.8 Å². The lowest BCUT2D eigenvalue weighted by Crippen LogP contribution is -2.41. The molecule has 0 unspecified atom stereocenters. The molecule has 1 N–H and O–H groups in total. The molecule has 1 saturated heterocycles. The Labute approximate surface area is 182 Å². The van der Waals surface area contributed by atoms with Gasteiger partial charge in [0.15, 0.2) is 0 Å². The van der Waals surface area contributed by atoms with Crippen molar-refractivity contribution in [2.75, 3.05) is 38.3 Å². The van der Waals surface area contributed by atoms with E-state index in [-0.39, 0.29) is 17.6 Å². The van der Waals surface area contributed by atoms with Crippen molar-refractivity contribution in [2.24, 2.45) is 5.92 Å². The number of para-hydroxylation sites is 2. The molecule has 4 rings (SSSR count). The second kappa shape index (κ2) is 9.92. The number of imidazole rings is 1. The molecule has 1 aliphatic heterocycles.